The fourth-order valence-electron chi connectivity index (χ4n) is 8.58. The van der Waals surface area contributed by atoms with Crippen molar-refractivity contribution in [3.63, 3.8) is 0 Å². The second-order valence-electron chi connectivity index (χ2n) is 14.3. The van der Waals surface area contributed by atoms with Crippen molar-refractivity contribution in [2.45, 2.75) is 0 Å². The van der Waals surface area contributed by atoms with E-state index >= 15 is 0 Å². The van der Waals surface area contributed by atoms with Gasteiger partial charge >= 0.3 is 0 Å². The minimum absolute atomic E-state index is 0.573. The topological polar surface area (TPSA) is 65.0 Å². The third kappa shape index (κ3) is 4.64. The van der Waals surface area contributed by atoms with Gasteiger partial charge in [0.2, 0.25) is 0 Å². The van der Waals surface area contributed by atoms with E-state index in [1.165, 1.54) is 37.9 Å². The van der Waals surface area contributed by atoms with Crippen LogP contribution in [0, 0.1) is 0 Å². The number of hydrogen-bond donors (Lipinski definition) is 0. The molecule has 3 aromatic heterocycles. The smallest absolute Gasteiger partial charge is 0.164 e. The van der Waals surface area contributed by atoms with Crippen molar-refractivity contribution in [3.8, 4) is 45.3 Å². The zero-order valence-electron chi connectivity index (χ0n) is 29.9. The van der Waals surface area contributed by atoms with Crippen LogP contribution >= 0.6 is 0 Å². The summed E-state index contributed by atoms with van der Waals surface area (Å²) >= 11 is 0. The molecule has 56 heavy (non-hydrogen) atoms. The van der Waals surface area contributed by atoms with Gasteiger partial charge in [-0.05, 0) is 67.7 Å². The number of rotatable bonds is 4. The summed E-state index contributed by atoms with van der Waals surface area (Å²) in [6, 6.07) is 61.1. The van der Waals surface area contributed by atoms with Gasteiger partial charge < -0.3 is 8.83 Å². The monoisotopic (exact) mass is 715 g/mol. The number of para-hydroxylation sites is 2. The molecule has 0 aliphatic heterocycles. The molecule has 0 N–H and O–H groups in total. The third-order valence-electron chi connectivity index (χ3n) is 11.1. The van der Waals surface area contributed by atoms with Crippen LogP contribution in [0.1, 0.15) is 0 Å². The standard InChI is InChI=1S/C51H29N3O2/c1-2-12-34-30(10-1)26-29-37-36(34)28-27-32-11-7-15-35(46(32)37)31-22-24-33(25-23-31)49-52-50(40-16-8-20-44-47(40)38-13-3-5-18-42(38)55-44)54-51(53-49)41-17-9-21-45-48(41)39-14-4-6-19-43(39)56-45/h1-29H. The van der Waals surface area contributed by atoms with Crippen molar-refractivity contribution in [1.82, 2.24) is 15.0 Å². The van der Waals surface area contributed by atoms with Gasteiger partial charge in [-0.3, -0.25) is 0 Å². The predicted octanol–water partition coefficient (Wildman–Crippen LogP) is 13.8. The molecule has 3 heterocycles. The minimum atomic E-state index is 0.573. The summed E-state index contributed by atoms with van der Waals surface area (Å²) in [4.78, 5) is 15.6. The maximum atomic E-state index is 6.29. The lowest BCUT2D eigenvalue weighted by molar-refractivity contribution is 0.668. The third-order valence-corrected chi connectivity index (χ3v) is 11.1. The van der Waals surface area contributed by atoms with Crippen LogP contribution in [0.4, 0.5) is 0 Å². The number of nitrogens with zero attached hydrogens (tertiary/aromatic N) is 3. The van der Waals surface area contributed by atoms with Gasteiger partial charge in [0.1, 0.15) is 22.3 Å². The summed E-state index contributed by atoms with van der Waals surface area (Å²) in [6.45, 7) is 0. The van der Waals surface area contributed by atoms with Gasteiger partial charge in [-0.25, -0.2) is 15.0 Å². The maximum absolute atomic E-state index is 6.29. The van der Waals surface area contributed by atoms with E-state index < -0.39 is 0 Å². The number of fused-ring (bicyclic) bond motifs is 11. The summed E-state index contributed by atoms with van der Waals surface area (Å²) in [7, 11) is 0. The van der Waals surface area contributed by atoms with Crippen LogP contribution < -0.4 is 0 Å². The van der Waals surface area contributed by atoms with E-state index in [0.717, 1.165) is 66.1 Å². The predicted molar refractivity (Wildman–Crippen MR) is 229 cm³/mol. The van der Waals surface area contributed by atoms with Gasteiger partial charge in [-0.2, -0.15) is 0 Å². The van der Waals surface area contributed by atoms with E-state index in [0.29, 0.717) is 17.5 Å². The number of furan rings is 2. The van der Waals surface area contributed by atoms with E-state index in [4.69, 9.17) is 23.8 Å². The summed E-state index contributed by atoms with van der Waals surface area (Å²) < 4.78 is 12.6. The quantitative estimate of drug-likeness (QED) is 0.170. The Hall–Kier alpha value is -7.63. The van der Waals surface area contributed by atoms with Gasteiger partial charge in [0, 0.05) is 38.2 Å². The lowest BCUT2D eigenvalue weighted by Gasteiger charge is -2.13. The van der Waals surface area contributed by atoms with Crippen molar-refractivity contribution < 1.29 is 8.83 Å². The van der Waals surface area contributed by atoms with E-state index in [-0.39, 0.29) is 0 Å². The fourth-order valence-corrected chi connectivity index (χ4v) is 8.58. The van der Waals surface area contributed by atoms with Gasteiger partial charge in [0.05, 0.1) is 0 Å². The van der Waals surface area contributed by atoms with Crippen LogP contribution in [0.2, 0.25) is 0 Å². The Bertz CT molecular complexity index is 3410. The SMILES string of the molecule is c1ccc2c(c1)ccc1c2ccc2cccc(-c3ccc(-c4nc(-c5cccc6oc7ccccc7c56)nc(-c5cccc6oc7ccccc7c56)n4)cc3)c21. The molecule has 12 aromatic rings. The molecule has 0 radical (unpaired) electrons. The first kappa shape index (κ1) is 30.8. The maximum Gasteiger partial charge on any atom is 0.164 e. The van der Waals surface area contributed by atoms with E-state index in [2.05, 4.69) is 115 Å². The number of benzene rings is 9. The second kappa shape index (κ2) is 11.9. The molecule has 0 spiro atoms. The Kier molecular flexibility index (Phi) is 6.56. The Morgan fingerprint density at radius 2 is 0.750 bits per heavy atom. The highest BCUT2D eigenvalue weighted by Crippen LogP contribution is 2.41. The van der Waals surface area contributed by atoms with Gasteiger partial charge in [0.25, 0.3) is 0 Å². The Morgan fingerprint density at radius 1 is 0.268 bits per heavy atom. The van der Waals surface area contributed by atoms with Crippen molar-refractivity contribution >= 4 is 76.2 Å². The molecular formula is C51H29N3O2. The highest BCUT2D eigenvalue weighted by atomic mass is 16.3. The first-order valence-corrected chi connectivity index (χ1v) is 18.8. The zero-order chi connectivity index (χ0) is 36.7. The van der Waals surface area contributed by atoms with Crippen LogP contribution in [0.25, 0.3) is 121 Å². The van der Waals surface area contributed by atoms with Crippen LogP contribution in [0.3, 0.4) is 0 Å². The molecule has 0 saturated heterocycles. The highest BCUT2D eigenvalue weighted by Gasteiger charge is 2.20. The largest absolute Gasteiger partial charge is 0.456 e. The summed E-state index contributed by atoms with van der Waals surface area (Å²) in [5.41, 5.74) is 8.19. The molecule has 12 rings (SSSR count). The van der Waals surface area contributed by atoms with Crippen molar-refractivity contribution in [2.75, 3.05) is 0 Å². The van der Waals surface area contributed by atoms with Crippen LogP contribution in [0.5, 0.6) is 0 Å². The average Bonchev–Trinajstić information content (AvgIpc) is 3.85. The van der Waals surface area contributed by atoms with E-state index in [9.17, 15) is 0 Å². The zero-order valence-corrected chi connectivity index (χ0v) is 29.9. The van der Waals surface area contributed by atoms with Gasteiger partial charge in [-0.1, -0.05) is 152 Å². The summed E-state index contributed by atoms with van der Waals surface area (Å²) in [5.74, 6) is 1.73. The summed E-state index contributed by atoms with van der Waals surface area (Å²) in [5, 5.41) is 11.4. The van der Waals surface area contributed by atoms with Crippen LogP contribution in [0.15, 0.2) is 185 Å². The molecule has 0 aliphatic rings. The second-order valence-corrected chi connectivity index (χ2v) is 14.3. The van der Waals surface area contributed by atoms with Crippen molar-refractivity contribution in [3.05, 3.63) is 176 Å². The van der Waals surface area contributed by atoms with Crippen LogP contribution in [-0.2, 0) is 0 Å². The first-order chi connectivity index (χ1) is 27.7. The molecule has 0 saturated carbocycles. The van der Waals surface area contributed by atoms with Crippen LogP contribution in [-0.4, -0.2) is 15.0 Å². The molecule has 0 fully saturated rings. The molecule has 0 unspecified atom stereocenters. The minimum Gasteiger partial charge on any atom is -0.456 e. The van der Waals surface area contributed by atoms with E-state index in [1.807, 2.05) is 60.7 Å². The molecule has 0 atom stereocenters. The average molecular weight is 716 g/mol. The van der Waals surface area contributed by atoms with Gasteiger partial charge in [0.15, 0.2) is 17.5 Å². The van der Waals surface area contributed by atoms with Crippen molar-refractivity contribution in [2.24, 2.45) is 0 Å². The molecule has 9 aromatic carbocycles. The van der Waals surface area contributed by atoms with Gasteiger partial charge in [-0.15, -0.1) is 0 Å². The molecule has 5 nitrogen and oxygen atoms in total. The summed E-state index contributed by atoms with van der Waals surface area (Å²) in [6.07, 6.45) is 0. The molecule has 5 heteroatoms. The Labute approximate surface area is 320 Å². The highest BCUT2D eigenvalue weighted by molar-refractivity contribution is 6.21. The number of hydrogen-bond acceptors (Lipinski definition) is 5. The number of aromatic nitrogens is 3. The molecule has 0 aliphatic carbocycles. The first-order valence-electron chi connectivity index (χ1n) is 18.8. The lowest BCUT2D eigenvalue weighted by atomic mass is 9.91. The normalized spacial score (nSPS) is 11.9. The van der Waals surface area contributed by atoms with Crippen molar-refractivity contribution in [1.29, 1.82) is 0 Å². The lowest BCUT2D eigenvalue weighted by Crippen LogP contribution is -2.00. The van der Waals surface area contributed by atoms with E-state index in [1.54, 1.807) is 0 Å². The molecule has 0 amide bonds. The Morgan fingerprint density at radius 3 is 1.43 bits per heavy atom. The molecule has 0 bridgehead atoms. The molecule has 260 valence electrons. The fraction of sp³-hybridized carbons (Fsp3) is 0. The Balaban J connectivity index is 1.06. The molecular weight excluding hydrogens is 687 g/mol.